The molecule has 0 spiro atoms. The molecule has 1 unspecified atom stereocenters. The van der Waals surface area contributed by atoms with Gasteiger partial charge in [0.2, 0.25) is 5.91 Å². The van der Waals surface area contributed by atoms with E-state index < -0.39 is 6.04 Å². The van der Waals surface area contributed by atoms with Crippen molar-refractivity contribution in [2.24, 2.45) is 5.92 Å². The first-order valence-corrected chi connectivity index (χ1v) is 10.2. The number of carbonyl (C=O) groups excluding carboxylic acids is 2. The molecule has 0 radical (unpaired) electrons. The minimum Gasteiger partial charge on any atom is -0.484 e. The van der Waals surface area contributed by atoms with E-state index in [4.69, 9.17) is 4.74 Å². The Kier molecular flexibility index (Phi) is 8.71. The third-order valence-corrected chi connectivity index (χ3v) is 4.69. The van der Waals surface area contributed by atoms with Gasteiger partial charge in [-0.05, 0) is 49.4 Å². The third kappa shape index (κ3) is 7.60. The molecule has 156 valence electrons. The molecule has 0 aliphatic carbocycles. The third-order valence-electron chi connectivity index (χ3n) is 4.69. The molecule has 0 fully saturated rings. The lowest BCUT2D eigenvalue weighted by atomic mass is 10.1. The lowest BCUT2D eigenvalue weighted by Gasteiger charge is -2.29. The maximum atomic E-state index is 12.9. The molecule has 1 atom stereocenters. The quantitative estimate of drug-likeness (QED) is 0.667. The van der Waals surface area contributed by atoms with E-state index in [-0.39, 0.29) is 18.4 Å². The second-order valence-corrected chi connectivity index (χ2v) is 7.74. The molecular weight excluding hydrogens is 364 g/mol. The van der Waals surface area contributed by atoms with Crippen molar-refractivity contribution in [1.29, 1.82) is 0 Å². The zero-order valence-corrected chi connectivity index (χ0v) is 17.9. The number of ether oxygens (including phenoxy) is 1. The summed E-state index contributed by atoms with van der Waals surface area (Å²) < 4.78 is 5.69. The van der Waals surface area contributed by atoms with Crippen LogP contribution in [0.1, 0.15) is 31.9 Å². The van der Waals surface area contributed by atoms with Crippen molar-refractivity contribution in [1.82, 2.24) is 10.2 Å². The summed E-state index contributed by atoms with van der Waals surface area (Å²) in [6.07, 6.45) is 0.679. The van der Waals surface area contributed by atoms with Gasteiger partial charge in [-0.15, -0.1) is 0 Å². The maximum Gasteiger partial charge on any atom is 0.261 e. The van der Waals surface area contributed by atoms with Gasteiger partial charge in [0.05, 0.1) is 0 Å². The highest BCUT2D eigenvalue weighted by Crippen LogP contribution is 2.13. The van der Waals surface area contributed by atoms with Gasteiger partial charge in [-0.2, -0.15) is 0 Å². The van der Waals surface area contributed by atoms with Gasteiger partial charge in [0.25, 0.3) is 5.91 Å². The number of hydrogen-bond donors (Lipinski definition) is 1. The molecule has 1 N–H and O–H groups in total. The average molecular weight is 397 g/mol. The Morgan fingerprint density at radius 1 is 1.03 bits per heavy atom. The van der Waals surface area contributed by atoms with E-state index in [0.717, 1.165) is 11.1 Å². The van der Waals surface area contributed by atoms with E-state index in [1.807, 2.05) is 75.4 Å². The van der Waals surface area contributed by atoms with Crippen LogP contribution in [-0.4, -0.2) is 42.5 Å². The SMILES string of the molecule is Cc1cccc(OCC(=O)N(CCc2ccccc2)C(C)C(=O)NCC(C)C)c1. The summed E-state index contributed by atoms with van der Waals surface area (Å²) in [5.74, 6) is 0.660. The monoisotopic (exact) mass is 396 g/mol. The molecule has 2 amide bonds. The summed E-state index contributed by atoms with van der Waals surface area (Å²) >= 11 is 0. The second-order valence-electron chi connectivity index (χ2n) is 7.74. The Labute approximate surface area is 174 Å². The molecule has 0 saturated heterocycles. The fourth-order valence-electron chi connectivity index (χ4n) is 2.96. The summed E-state index contributed by atoms with van der Waals surface area (Å²) in [6.45, 7) is 8.77. The molecule has 0 aliphatic rings. The highest BCUT2D eigenvalue weighted by atomic mass is 16.5. The molecule has 5 heteroatoms. The van der Waals surface area contributed by atoms with E-state index in [2.05, 4.69) is 5.32 Å². The Morgan fingerprint density at radius 3 is 2.41 bits per heavy atom. The van der Waals surface area contributed by atoms with Gasteiger partial charge < -0.3 is 15.0 Å². The van der Waals surface area contributed by atoms with Crippen LogP contribution >= 0.6 is 0 Å². The van der Waals surface area contributed by atoms with Crippen molar-refractivity contribution in [3.63, 3.8) is 0 Å². The first-order valence-electron chi connectivity index (χ1n) is 10.2. The highest BCUT2D eigenvalue weighted by Gasteiger charge is 2.26. The van der Waals surface area contributed by atoms with Crippen LogP contribution < -0.4 is 10.1 Å². The molecule has 0 aliphatic heterocycles. The smallest absolute Gasteiger partial charge is 0.261 e. The number of nitrogens with zero attached hydrogens (tertiary/aromatic N) is 1. The molecule has 0 saturated carbocycles. The fourth-order valence-corrected chi connectivity index (χ4v) is 2.96. The zero-order valence-electron chi connectivity index (χ0n) is 17.9. The van der Waals surface area contributed by atoms with Crippen LogP contribution in [0.15, 0.2) is 54.6 Å². The predicted octanol–water partition coefficient (Wildman–Crippen LogP) is 3.61. The Morgan fingerprint density at radius 2 is 1.76 bits per heavy atom. The first-order chi connectivity index (χ1) is 13.9. The van der Waals surface area contributed by atoms with Crippen molar-refractivity contribution in [3.8, 4) is 5.75 Å². The van der Waals surface area contributed by atoms with Gasteiger partial charge in [0.15, 0.2) is 6.61 Å². The predicted molar refractivity (Wildman–Crippen MR) is 116 cm³/mol. The number of nitrogens with one attached hydrogen (secondary N) is 1. The number of rotatable bonds is 10. The number of aryl methyl sites for hydroxylation is 1. The normalized spacial score (nSPS) is 11.8. The van der Waals surface area contributed by atoms with E-state index in [1.54, 1.807) is 11.8 Å². The maximum absolute atomic E-state index is 12.9. The molecule has 5 nitrogen and oxygen atoms in total. The summed E-state index contributed by atoms with van der Waals surface area (Å²) in [5, 5.41) is 2.92. The van der Waals surface area contributed by atoms with Gasteiger partial charge in [-0.25, -0.2) is 0 Å². The Hall–Kier alpha value is -2.82. The van der Waals surface area contributed by atoms with E-state index in [1.165, 1.54) is 0 Å². The molecule has 2 aromatic rings. The molecule has 2 rings (SSSR count). The second kappa shape index (κ2) is 11.2. The van der Waals surface area contributed by atoms with Gasteiger partial charge in [-0.3, -0.25) is 9.59 Å². The first kappa shape index (κ1) is 22.5. The zero-order chi connectivity index (χ0) is 21.2. The van der Waals surface area contributed by atoms with Crippen molar-refractivity contribution in [2.45, 2.75) is 40.2 Å². The number of carbonyl (C=O) groups is 2. The number of benzene rings is 2. The molecule has 0 heterocycles. The fraction of sp³-hybridized carbons (Fsp3) is 0.417. The van der Waals surface area contributed by atoms with Crippen LogP contribution in [0.4, 0.5) is 0 Å². The van der Waals surface area contributed by atoms with E-state index in [0.29, 0.717) is 31.2 Å². The molecule has 29 heavy (non-hydrogen) atoms. The minimum atomic E-state index is -0.564. The summed E-state index contributed by atoms with van der Waals surface area (Å²) in [4.78, 5) is 27.1. The molecule has 0 aromatic heterocycles. The number of amides is 2. The van der Waals surface area contributed by atoms with Gasteiger partial charge in [-0.1, -0.05) is 56.3 Å². The minimum absolute atomic E-state index is 0.0972. The largest absolute Gasteiger partial charge is 0.484 e. The van der Waals surface area contributed by atoms with E-state index >= 15 is 0 Å². The Balaban J connectivity index is 2.05. The van der Waals surface area contributed by atoms with Gasteiger partial charge in [0, 0.05) is 13.1 Å². The highest BCUT2D eigenvalue weighted by molar-refractivity contribution is 5.88. The van der Waals surface area contributed by atoms with Crippen LogP contribution in [0.5, 0.6) is 5.75 Å². The van der Waals surface area contributed by atoms with Gasteiger partial charge >= 0.3 is 0 Å². The van der Waals surface area contributed by atoms with Crippen molar-refractivity contribution in [2.75, 3.05) is 19.7 Å². The van der Waals surface area contributed by atoms with E-state index in [9.17, 15) is 9.59 Å². The van der Waals surface area contributed by atoms with Crippen molar-refractivity contribution in [3.05, 3.63) is 65.7 Å². The van der Waals surface area contributed by atoms with Crippen LogP contribution in [0, 0.1) is 12.8 Å². The van der Waals surface area contributed by atoms with Crippen LogP contribution in [0.2, 0.25) is 0 Å². The Bertz CT molecular complexity index is 790. The lowest BCUT2D eigenvalue weighted by molar-refractivity contribution is -0.141. The standard InChI is InChI=1S/C24H32N2O3/c1-18(2)16-25-24(28)20(4)26(14-13-21-10-6-5-7-11-21)23(27)17-29-22-12-8-9-19(3)15-22/h5-12,15,18,20H,13-14,16-17H2,1-4H3,(H,25,28). The van der Waals surface area contributed by atoms with Crippen LogP contribution in [-0.2, 0) is 16.0 Å². The molecular formula is C24H32N2O3. The molecule has 0 bridgehead atoms. The van der Waals surface area contributed by atoms with Crippen molar-refractivity contribution < 1.29 is 14.3 Å². The topological polar surface area (TPSA) is 58.6 Å². The van der Waals surface area contributed by atoms with Crippen molar-refractivity contribution >= 4 is 11.8 Å². The summed E-state index contributed by atoms with van der Waals surface area (Å²) in [7, 11) is 0. The molecule has 2 aromatic carbocycles. The average Bonchev–Trinajstić information content (AvgIpc) is 2.71. The number of hydrogen-bond acceptors (Lipinski definition) is 3. The summed E-state index contributed by atoms with van der Waals surface area (Å²) in [6, 6.07) is 17.0. The lowest BCUT2D eigenvalue weighted by Crippen LogP contribution is -2.50. The summed E-state index contributed by atoms with van der Waals surface area (Å²) in [5.41, 5.74) is 2.19. The van der Waals surface area contributed by atoms with Gasteiger partial charge in [0.1, 0.15) is 11.8 Å². The van der Waals surface area contributed by atoms with Crippen LogP contribution in [0.3, 0.4) is 0 Å². The van der Waals surface area contributed by atoms with Crippen LogP contribution in [0.25, 0.3) is 0 Å².